The molecule has 1 saturated heterocycles. The van der Waals surface area contributed by atoms with E-state index < -0.39 is 30.9 Å². The SMILES string of the molecule is COC(=O)C1CN(CC(F)(F)F)C[C@@H](C)O1. The molecule has 0 amide bonds. The molecule has 2 atom stereocenters. The predicted octanol–water partition coefficient (Wildman–Crippen LogP) is 0.811. The van der Waals surface area contributed by atoms with Gasteiger partial charge in [-0.15, -0.1) is 0 Å². The Morgan fingerprint density at radius 1 is 1.50 bits per heavy atom. The summed E-state index contributed by atoms with van der Waals surface area (Å²) in [5.41, 5.74) is 0. The summed E-state index contributed by atoms with van der Waals surface area (Å²) in [6, 6.07) is 0. The van der Waals surface area contributed by atoms with Crippen LogP contribution in [-0.2, 0) is 14.3 Å². The van der Waals surface area contributed by atoms with Crippen molar-refractivity contribution in [2.75, 3.05) is 26.7 Å². The van der Waals surface area contributed by atoms with Gasteiger partial charge in [0.2, 0.25) is 0 Å². The summed E-state index contributed by atoms with van der Waals surface area (Å²) in [5, 5.41) is 0. The lowest BCUT2D eigenvalue weighted by Gasteiger charge is -2.35. The molecule has 0 aromatic carbocycles. The van der Waals surface area contributed by atoms with E-state index in [0.717, 1.165) is 4.90 Å². The number of hydrogen-bond donors (Lipinski definition) is 0. The summed E-state index contributed by atoms with van der Waals surface area (Å²) in [5.74, 6) is -0.640. The predicted molar refractivity (Wildman–Crippen MR) is 48.8 cm³/mol. The van der Waals surface area contributed by atoms with Gasteiger partial charge in [0.25, 0.3) is 0 Å². The monoisotopic (exact) mass is 241 g/mol. The molecule has 1 heterocycles. The molecule has 1 aliphatic rings. The van der Waals surface area contributed by atoms with Gasteiger partial charge in [0.05, 0.1) is 19.8 Å². The van der Waals surface area contributed by atoms with Crippen molar-refractivity contribution >= 4 is 5.97 Å². The van der Waals surface area contributed by atoms with Crippen molar-refractivity contribution in [2.45, 2.75) is 25.3 Å². The molecule has 7 heteroatoms. The Balaban J connectivity index is 2.57. The lowest BCUT2D eigenvalue weighted by molar-refractivity contribution is -0.183. The number of halogens is 3. The van der Waals surface area contributed by atoms with E-state index in [1.807, 2.05) is 0 Å². The molecule has 1 unspecified atom stereocenters. The molecule has 0 radical (unpaired) electrons. The molecule has 94 valence electrons. The van der Waals surface area contributed by atoms with Gasteiger partial charge in [0.15, 0.2) is 6.10 Å². The maximum absolute atomic E-state index is 12.2. The first-order chi connectivity index (χ1) is 7.31. The highest BCUT2D eigenvalue weighted by Crippen LogP contribution is 2.20. The summed E-state index contributed by atoms with van der Waals surface area (Å²) < 4.78 is 46.2. The number of rotatable bonds is 2. The summed E-state index contributed by atoms with van der Waals surface area (Å²) in [6.07, 6.45) is -5.62. The summed E-state index contributed by atoms with van der Waals surface area (Å²) in [7, 11) is 1.18. The van der Waals surface area contributed by atoms with Crippen LogP contribution in [0.3, 0.4) is 0 Å². The van der Waals surface area contributed by atoms with Crippen molar-refractivity contribution < 1.29 is 27.4 Å². The van der Waals surface area contributed by atoms with Crippen LogP contribution in [0.2, 0.25) is 0 Å². The Morgan fingerprint density at radius 3 is 2.62 bits per heavy atom. The highest BCUT2D eigenvalue weighted by atomic mass is 19.4. The van der Waals surface area contributed by atoms with Crippen molar-refractivity contribution in [3.05, 3.63) is 0 Å². The second kappa shape index (κ2) is 5.01. The fourth-order valence-electron chi connectivity index (χ4n) is 1.68. The van der Waals surface area contributed by atoms with Gasteiger partial charge < -0.3 is 9.47 Å². The molecule has 0 aliphatic carbocycles. The third-order valence-corrected chi connectivity index (χ3v) is 2.20. The van der Waals surface area contributed by atoms with Gasteiger partial charge in [-0.1, -0.05) is 0 Å². The van der Waals surface area contributed by atoms with E-state index in [1.165, 1.54) is 7.11 Å². The zero-order valence-corrected chi connectivity index (χ0v) is 9.08. The van der Waals surface area contributed by atoms with E-state index in [1.54, 1.807) is 6.92 Å². The molecule has 1 aliphatic heterocycles. The number of ether oxygens (including phenoxy) is 2. The first-order valence-electron chi connectivity index (χ1n) is 4.84. The van der Waals surface area contributed by atoms with Crippen molar-refractivity contribution in [1.82, 2.24) is 4.90 Å². The molecule has 0 aromatic rings. The summed E-state index contributed by atoms with van der Waals surface area (Å²) in [6.45, 7) is 0.663. The van der Waals surface area contributed by atoms with Crippen LogP contribution in [0.15, 0.2) is 0 Å². The average molecular weight is 241 g/mol. The summed E-state index contributed by atoms with van der Waals surface area (Å²) >= 11 is 0. The number of hydrogen-bond acceptors (Lipinski definition) is 4. The zero-order chi connectivity index (χ0) is 12.3. The van der Waals surface area contributed by atoms with Gasteiger partial charge in [0.1, 0.15) is 0 Å². The standard InChI is InChI=1S/C9H14F3NO3/c1-6-3-13(5-9(10,11)12)4-7(16-6)8(14)15-2/h6-7H,3-5H2,1-2H3/t6-,7?/m1/s1. The fourth-order valence-corrected chi connectivity index (χ4v) is 1.68. The van der Waals surface area contributed by atoms with Crippen molar-refractivity contribution in [3.8, 4) is 0 Å². The lowest BCUT2D eigenvalue weighted by atomic mass is 10.2. The van der Waals surface area contributed by atoms with Crippen LogP contribution in [0.25, 0.3) is 0 Å². The largest absolute Gasteiger partial charge is 0.467 e. The van der Waals surface area contributed by atoms with E-state index in [4.69, 9.17) is 4.74 Å². The van der Waals surface area contributed by atoms with Crippen LogP contribution >= 0.6 is 0 Å². The highest BCUT2D eigenvalue weighted by molar-refractivity contribution is 5.74. The zero-order valence-electron chi connectivity index (χ0n) is 9.08. The topological polar surface area (TPSA) is 38.8 Å². The van der Waals surface area contributed by atoms with Gasteiger partial charge in [-0.3, -0.25) is 4.90 Å². The number of carbonyl (C=O) groups is 1. The van der Waals surface area contributed by atoms with E-state index in [9.17, 15) is 18.0 Å². The quantitative estimate of drug-likeness (QED) is 0.671. The van der Waals surface area contributed by atoms with Crippen LogP contribution in [0, 0.1) is 0 Å². The Kier molecular flexibility index (Phi) is 4.15. The number of morpholine rings is 1. The third-order valence-electron chi connectivity index (χ3n) is 2.20. The normalized spacial score (nSPS) is 27.8. The van der Waals surface area contributed by atoms with Crippen molar-refractivity contribution in [1.29, 1.82) is 0 Å². The first kappa shape index (κ1) is 13.2. The minimum absolute atomic E-state index is 0.0868. The molecule has 0 bridgehead atoms. The van der Waals surface area contributed by atoms with Crippen LogP contribution < -0.4 is 0 Å². The Morgan fingerprint density at radius 2 is 2.12 bits per heavy atom. The number of nitrogens with zero attached hydrogens (tertiary/aromatic N) is 1. The molecule has 1 rings (SSSR count). The molecule has 4 nitrogen and oxygen atoms in total. The lowest BCUT2D eigenvalue weighted by Crippen LogP contribution is -2.52. The average Bonchev–Trinajstić information content (AvgIpc) is 2.12. The fraction of sp³-hybridized carbons (Fsp3) is 0.889. The molecule has 0 saturated carbocycles. The Hall–Kier alpha value is -0.820. The first-order valence-corrected chi connectivity index (χ1v) is 4.84. The molecule has 16 heavy (non-hydrogen) atoms. The third kappa shape index (κ3) is 3.97. The molecular weight excluding hydrogens is 227 g/mol. The molecule has 0 aromatic heterocycles. The second-order valence-electron chi connectivity index (χ2n) is 3.77. The molecule has 0 spiro atoms. The summed E-state index contributed by atoms with van der Waals surface area (Å²) in [4.78, 5) is 12.3. The van der Waals surface area contributed by atoms with Gasteiger partial charge >= 0.3 is 12.1 Å². The van der Waals surface area contributed by atoms with Gasteiger partial charge in [-0.25, -0.2) is 4.79 Å². The maximum atomic E-state index is 12.2. The minimum Gasteiger partial charge on any atom is -0.467 e. The molecular formula is C9H14F3NO3. The van der Waals surface area contributed by atoms with Crippen LogP contribution in [0.1, 0.15) is 6.92 Å². The van der Waals surface area contributed by atoms with Crippen LogP contribution in [-0.4, -0.2) is 56.0 Å². The maximum Gasteiger partial charge on any atom is 0.401 e. The smallest absolute Gasteiger partial charge is 0.401 e. The number of alkyl halides is 3. The molecule has 1 fully saturated rings. The number of esters is 1. The molecule has 0 N–H and O–H groups in total. The van der Waals surface area contributed by atoms with E-state index >= 15 is 0 Å². The second-order valence-corrected chi connectivity index (χ2v) is 3.77. The number of methoxy groups -OCH3 is 1. The van der Waals surface area contributed by atoms with E-state index in [-0.39, 0.29) is 13.1 Å². The van der Waals surface area contributed by atoms with Gasteiger partial charge in [0, 0.05) is 13.1 Å². The number of carbonyl (C=O) groups excluding carboxylic acids is 1. The van der Waals surface area contributed by atoms with Crippen LogP contribution in [0.5, 0.6) is 0 Å². The van der Waals surface area contributed by atoms with E-state index in [0.29, 0.717) is 0 Å². The van der Waals surface area contributed by atoms with Crippen molar-refractivity contribution in [2.24, 2.45) is 0 Å². The Bertz CT molecular complexity index is 257. The highest BCUT2D eigenvalue weighted by Gasteiger charge is 2.37. The van der Waals surface area contributed by atoms with Gasteiger partial charge in [-0.05, 0) is 6.92 Å². The van der Waals surface area contributed by atoms with Crippen LogP contribution in [0.4, 0.5) is 13.2 Å². The minimum atomic E-state index is -4.27. The van der Waals surface area contributed by atoms with E-state index in [2.05, 4.69) is 4.74 Å². The van der Waals surface area contributed by atoms with Gasteiger partial charge in [-0.2, -0.15) is 13.2 Å². The Labute approximate surface area is 91.3 Å². The van der Waals surface area contributed by atoms with Crippen molar-refractivity contribution in [3.63, 3.8) is 0 Å².